The molecular weight excluding hydrogens is 250 g/mol. The molecule has 0 bridgehead atoms. The molecule has 106 valence electrons. The van der Waals surface area contributed by atoms with Crippen molar-refractivity contribution >= 4 is 18.3 Å². The summed E-state index contributed by atoms with van der Waals surface area (Å²) in [4.78, 5) is 16.7. The zero-order valence-electron chi connectivity index (χ0n) is 11.5. The fourth-order valence-corrected chi connectivity index (χ4v) is 2.85. The van der Waals surface area contributed by atoms with Crippen LogP contribution in [0.3, 0.4) is 0 Å². The van der Waals surface area contributed by atoms with Gasteiger partial charge in [-0.3, -0.25) is 9.69 Å². The first-order valence-corrected chi connectivity index (χ1v) is 6.92. The maximum Gasteiger partial charge on any atom is 0.236 e. The van der Waals surface area contributed by atoms with E-state index in [-0.39, 0.29) is 12.4 Å². The molecule has 2 rings (SSSR count). The maximum atomic E-state index is 12.3. The van der Waals surface area contributed by atoms with Gasteiger partial charge >= 0.3 is 0 Å². The van der Waals surface area contributed by atoms with E-state index in [1.54, 1.807) is 0 Å². The number of halogens is 1. The van der Waals surface area contributed by atoms with Crippen LogP contribution in [0.2, 0.25) is 0 Å². The van der Waals surface area contributed by atoms with Crippen molar-refractivity contribution in [2.24, 2.45) is 0 Å². The third kappa shape index (κ3) is 3.84. The van der Waals surface area contributed by atoms with Crippen molar-refractivity contribution < 1.29 is 4.79 Å². The molecule has 2 fully saturated rings. The lowest BCUT2D eigenvalue weighted by atomic mass is 10.0. The molecule has 1 N–H and O–H groups in total. The lowest BCUT2D eigenvalue weighted by Gasteiger charge is -2.38. The third-order valence-electron chi connectivity index (χ3n) is 4.10. The first-order valence-electron chi connectivity index (χ1n) is 6.92. The van der Waals surface area contributed by atoms with Gasteiger partial charge in [-0.15, -0.1) is 12.4 Å². The molecular formula is C13H26ClN3O. The minimum absolute atomic E-state index is 0. The molecule has 0 spiro atoms. The smallest absolute Gasteiger partial charge is 0.236 e. The van der Waals surface area contributed by atoms with Crippen molar-refractivity contribution in [3.8, 4) is 0 Å². The molecule has 0 aliphatic carbocycles. The van der Waals surface area contributed by atoms with E-state index in [4.69, 9.17) is 0 Å². The molecule has 0 aromatic carbocycles. The van der Waals surface area contributed by atoms with E-state index in [0.717, 1.165) is 26.2 Å². The minimum Gasteiger partial charge on any atom is -0.339 e. The average molecular weight is 276 g/mol. The van der Waals surface area contributed by atoms with Crippen molar-refractivity contribution in [2.75, 3.05) is 32.7 Å². The van der Waals surface area contributed by atoms with Crippen molar-refractivity contribution in [3.05, 3.63) is 0 Å². The third-order valence-corrected chi connectivity index (χ3v) is 4.10. The molecule has 0 saturated carbocycles. The Balaban J connectivity index is 0.00000162. The van der Waals surface area contributed by atoms with Gasteiger partial charge in [0.05, 0.1) is 6.54 Å². The summed E-state index contributed by atoms with van der Waals surface area (Å²) in [6.07, 6.45) is 3.62. The van der Waals surface area contributed by atoms with Crippen LogP contribution in [0.25, 0.3) is 0 Å². The fourth-order valence-electron chi connectivity index (χ4n) is 2.85. The molecule has 2 unspecified atom stereocenters. The lowest BCUT2D eigenvalue weighted by molar-refractivity contribution is -0.136. The summed E-state index contributed by atoms with van der Waals surface area (Å²) in [6.45, 7) is 8.94. The van der Waals surface area contributed by atoms with E-state index >= 15 is 0 Å². The van der Waals surface area contributed by atoms with E-state index < -0.39 is 0 Å². The molecule has 2 aliphatic heterocycles. The summed E-state index contributed by atoms with van der Waals surface area (Å²) in [6, 6.07) is 0.919. The molecule has 2 atom stereocenters. The molecule has 5 heteroatoms. The second kappa shape index (κ2) is 7.31. The summed E-state index contributed by atoms with van der Waals surface area (Å²) in [5, 5.41) is 3.36. The second-order valence-corrected chi connectivity index (χ2v) is 5.46. The van der Waals surface area contributed by atoms with Gasteiger partial charge in [0, 0.05) is 38.3 Å². The highest BCUT2D eigenvalue weighted by Gasteiger charge is 2.26. The topological polar surface area (TPSA) is 35.6 Å². The van der Waals surface area contributed by atoms with Crippen LogP contribution in [0.4, 0.5) is 0 Å². The highest BCUT2D eigenvalue weighted by molar-refractivity contribution is 5.85. The molecule has 4 nitrogen and oxygen atoms in total. The predicted molar refractivity (Wildman–Crippen MR) is 76.2 cm³/mol. The number of hydrogen-bond acceptors (Lipinski definition) is 3. The summed E-state index contributed by atoms with van der Waals surface area (Å²) < 4.78 is 0. The van der Waals surface area contributed by atoms with Gasteiger partial charge in [0.25, 0.3) is 0 Å². The van der Waals surface area contributed by atoms with Crippen LogP contribution in [0.15, 0.2) is 0 Å². The van der Waals surface area contributed by atoms with Gasteiger partial charge < -0.3 is 10.2 Å². The summed E-state index contributed by atoms with van der Waals surface area (Å²) in [5.74, 6) is 0.325. The number of carbonyl (C=O) groups excluding carboxylic acids is 1. The summed E-state index contributed by atoms with van der Waals surface area (Å²) in [5.41, 5.74) is 0. The number of rotatable bonds is 2. The van der Waals surface area contributed by atoms with Gasteiger partial charge in [-0.2, -0.15) is 0 Å². The van der Waals surface area contributed by atoms with Crippen molar-refractivity contribution in [2.45, 2.75) is 45.2 Å². The van der Waals surface area contributed by atoms with E-state index in [0.29, 0.717) is 24.5 Å². The first kappa shape index (κ1) is 15.7. The Morgan fingerprint density at radius 3 is 2.67 bits per heavy atom. The maximum absolute atomic E-state index is 12.3. The highest BCUT2D eigenvalue weighted by Crippen LogP contribution is 2.17. The van der Waals surface area contributed by atoms with Crippen molar-refractivity contribution in [1.82, 2.24) is 15.1 Å². The molecule has 2 heterocycles. The standard InChI is InChI=1S/C13H25N3O.ClH/c1-11-5-3-4-7-16(11)13(17)10-15-8-6-14-9-12(15)2;/h11-12,14H,3-10H2,1-2H3;1H. The van der Waals surface area contributed by atoms with Gasteiger partial charge in [-0.1, -0.05) is 0 Å². The van der Waals surface area contributed by atoms with E-state index in [1.807, 2.05) is 0 Å². The largest absolute Gasteiger partial charge is 0.339 e. The first-order chi connectivity index (χ1) is 8.18. The zero-order chi connectivity index (χ0) is 12.3. The Morgan fingerprint density at radius 2 is 2.00 bits per heavy atom. The van der Waals surface area contributed by atoms with Crippen LogP contribution in [0, 0.1) is 0 Å². The molecule has 18 heavy (non-hydrogen) atoms. The SMILES string of the molecule is CC1CNCCN1CC(=O)N1CCCCC1C.Cl. The van der Waals surface area contributed by atoms with Crippen LogP contribution in [-0.4, -0.2) is 60.5 Å². The number of piperazine rings is 1. The van der Waals surface area contributed by atoms with Crippen LogP contribution < -0.4 is 5.32 Å². The Bertz CT molecular complexity index is 275. The Kier molecular flexibility index (Phi) is 6.39. The molecule has 0 aromatic rings. The normalized spacial score (nSPS) is 29.8. The summed E-state index contributed by atoms with van der Waals surface area (Å²) >= 11 is 0. The van der Waals surface area contributed by atoms with Crippen LogP contribution in [0.1, 0.15) is 33.1 Å². The molecule has 0 radical (unpaired) electrons. The van der Waals surface area contributed by atoms with Gasteiger partial charge in [-0.25, -0.2) is 0 Å². The average Bonchev–Trinajstić information content (AvgIpc) is 2.32. The van der Waals surface area contributed by atoms with E-state index in [9.17, 15) is 4.79 Å². The minimum atomic E-state index is 0. The number of piperidine rings is 1. The monoisotopic (exact) mass is 275 g/mol. The van der Waals surface area contributed by atoms with Gasteiger partial charge in [0.15, 0.2) is 0 Å². The van der Waals surface area contributed by atoms with Crippen LogP contribution >= 0.6 is 12.4 Å². The quantitative estimate of drug-likeness (QED) is 0.820. The van der Waals surface area contributed by atoms with Crippen molar-refractivity contribution in [3.63, 3.8) is 0 Å². The number of nitrogens with one attached hydrogen (secondary N) is 1. The lowest BCUT2D eigenvalue weighted by Crippen LogP contribution is -2.54. The molecule has 1 amide bonds. The molecule has 2 saturated heterocycles. The van der Waals surface area contributed by atoms with Crippen LogP contribution in [-0.2, 0) is 4.79 Å². The Hall–Kier alpha value is -0.320. The number of carbonyl (C=O) groups is 1. The second-order valence-electron chi connectivity index (χ2n) is 5.46. The Labute approximate surface area is 116 Å². The van der Waals surface area contributed by atoms with Gasteiger partial charge in [0.2, 0.25) is 5.91 Å². The number of amides is 1. The summed E-state index contributed by atoms with van der Waals surface area (Å²) in [7, 11) is 0. The number of likely N-dealkylation sites (tertiary alicyclic amines) is 1. The Morgan fingerprint density at radius 1 is 1.22 bits per heavy atom. The number of hydrogen-bond donors (Lipinski definition) is 1. The van der Waals surface area contributed by atoms with Gasteiger partial charge in [-0.05, 0) is 33.1 Å². The van der Waals surface area contributed by atoms with E-state index in [2.05, 4.69) is 29.0 Å². The highest BCUT2D eigenvalue weighted by atomic mass is 35.5. The number of nitrogens with zero attached hydrogens (tertiary/aromatic N) is 2. The predicted octanol–water partition coefficient (Wildman–Crippen LogP) is 1.10. The fraction of sp³-hybridized carbons (Fsp3) is 0.923. The van der Waals surface area contributed by atoms with Gasteiger partial charge in [0.1, 0.15) is 0 Å². The molecule has 0 aromatic heterocycles. The van der Waals surface area contributed by atoms with E-state index in [1.165, 1.54) is 19.3 Å². The van der Waals surface area contributed by atoms with Crippen molar-refractivity contribution in [1.29, 1.82) is 0 Å². The zero-order valence-corrected chi connectivity index (χ0v) is 12.3. The molecule has 2 aliphatic rings. The van der Waals surface area contributed by atoms with Crippen LogP contribution in [0.5, 0.6) is 0 Å².